The fourth-order valence-corrected chi connectivity index (χ4v) is 1.89. The van der Waals surface area contributed by atoms with E-state index >= 15 is 0 Å². The second-order valence-corrected chi connectivity index (χ2v) is 4.40. The molecule has 100 valence electrons. The summed E-state index contributed by atoms with van der Waals surface area (Å²) in [5, 5.41) is 3.38. The molecule has 0 saturated heterocycles. The van der Waals surface area contributed by atoms with Crippen LogP contribution in [0.2, 0.25) is 0 Å². The fraction of sp³-hybridized carbons (Fsp3) is 0.250. The molecular weight excluding hydrogens is 238 g/mol. The Morgan fingerprint density at radius 1 is 0.947 bits per heavy atom. The number of benzene rings is 2. The highest BCUT2D eigenvalue weighted by molar-refractivity contribution is 5.47. The lowest BCUT2D eigenvalue weighted by atomic mass is 10.1. The van der Waals surface area contributed by atoms with Crippen molar-refractivity contribution in [1.29, 1.82) is 0 Å². The predicted molar refractivity (Wildman–Crippen MR) is 78.1 cm³/mol. The van der Waals surface area contributed by atoms with E-state index in [9.17, 15) is 0 Å². The van der Waals surface area contributed by atoms with Crippen LogP contribution in [0, 0.1) is 6.92 Å². The Hall–Kier alpha value is -2.16. The molecule has 0 heterocycles. The largest absolute Gasteiger partial charge is 0.497 e. The van der Waals surface area contributed by atoms with Gasteiger partial charge in [0.05, 0.1) is 14.2 Å². The molecule has 2 rings (SSSR count). The van der Waals surface area contributed by atoms with Crippen molar-refractivity contribution in [2.45, 2.75) is 13.5 Å². The quantitative estimate of drug-likeness (QED) is 0.887. The number of nitrogens with one attached hydrogen (secondary N) is 1. The summed E-state index contributed by atoms with van der Waals surface area (Å²) in [6.45, 7) is 2.78. The first kappa shape index (κ1) is 13.3. The Bertz CT molecular complexity index is 535. The zero-order chi connectivity index (χ0) is 13.7. The van der Waals surface area contributed by atoms with E-state index in [0.717, 1.165) is 22.7 Å². The molecule has 3 heteroatoms. The summed E-state index contributed by atoms with van der Waals surface area (Å²) in [7, 11) is 3.34. The molecule has 0 aliphatic heterocycles. The molecule has 0 atom stereocenters. The van der Waals surface area contributed by atoms with Crippen LogP contribution >= 0.6 is 0 Å². The summed E-state index contributed by atoms with van der Waals surface area (Å²) < 4.78 is 10.6. The van der Waals surface area contributed by atoms with Gasteiger partial charge in [0.15, 0.2) is 0 Å². The highest BCUT2D eigenvalue weighted by Crippen LogP contribution is 2.24. The topological polar surface area (TPSA) is 30.5 Å². The first-order chi connectivity index (χ1) is 9.22. The molecule has 0 aromatic heterocycles. The van der Waals surface area contributed by atoms with Gasteiger partial charge in [-0.05, 0) is 37.3 Å². The molecule has 0 amide bonds. The number of anilines is 1. The van der Waals surface area contributed by atoms with Crippen molar-refractivity contribution in [3.8, 4) is 11.5 Å². The summed E-state index contributed by atoms with van der Waals surface area (Å²) in [4.78, 5) is 0. The van der Waals surface area contributed by atoms with E-state index in [2.05, 4.69) is 36.5 Å². The van der Waals surface area contributed by atoms with Crippen molar-refractivity contribution in [2.24, 2.45) is 0 Å². The molecular formula is C16H19NO2. The average molecular weight is 257 g/mol. The van der Waals surface area contributed by atoms with Gasteiger partial charge in [-0.15, -0.1) is 0 Å². The maximum absolute atomic E-state index is 5.36. The minimum absolute atomic E-state index is 0.698. The van der Waals surface area contributed by atoms with Gasteiger partial charge in [-0.1, -0.05) is 17.7 Å². The van der Waals surface area contributed by atoms with Gasteiger partial charge in [-0.2, -0.15) is 0 Å². The van der Waals surface area contributed by atoms with E-state index < -0.39 is 0 Å². The minimum atomic E-state index is 0.698. The number of hydrogen-bond acceptors (Lipinski definition) is 3. The SMILES string of the molecule is COc1ccc(OC)c(CNc2ccc(C)cc2)c1. The Kier molecular flexibility index (Phi) is 4.29. The molecule has 1 N–H and O–H groups in total. The van der Waals surface area contributed by atoms with Crippen LogP contribution in [-0.4, -0.2) is 14.2 Å². The Balaban J connectivity index is 2.11. The number of aryl methyl sites for hydroxylation is 1. The third-order valence-electron chi connectivity index (χ3n) is 3.02. The van der Waals surface area contributed by atoms with Crippen molar-refractivity contribution >= 4 is 5.69 Å². The maximum atomic E-state index is 5.36. The second-order valence-electron chi connectivity index (χ2n) is 4.40. The molecule has 0 unspecified atom stereocenters. The number of ether oxygens (including phenoxy) is 2. The third kappa shape index (κ3) is 3.41. The summed E-state index contributed by atoms with van der Waals surface area (Å²) in [6.07, 6.45) is 0. The maximum Gasteiger partial charge on any atom is 0.124 e. The fourth-order valence-electron chi connectivity index (χ4n) is 1.89. The van der Waals surface area contributed by atoms with Gasteiger partial charge in [0.1, 0.15) is 11.5 Å². The van der Waals surface area contributed by atoms with E-state index in [-0.39, 0.29) is 0 Å². The lowest BCUT2D eigenvalue weighted by Crippen LogP contribution is -2.02. The number of rotatable bonds is 5. The van der Waals surface area contributed by atoms with Crippen LogP contribution in [0.4, 0.5) is 5.69 Å². The van der Waals surface area contributed by atoms with Crippen LogP contribution in [0.25, 0.3) is 0 Å². The molecule has 0 bridgehead atoms. The lowest BCUT2D eigenvalue weighted by molar-refractivity contribution is 0.399. The Labute approximate surface area is 114 Å². The van der Waals surface area contributed by atoms with E-state index in [4.69, 9.17) is 9.47 Å². The van der Waals surface area contributed by atoms with Crippen molar-refractivity contribution in [2.75, 3.05) is 19.5 Å². The van der Waals surface area contributed by atoms with E-state index in [1.54, 1.807) is 14.2 Å². The van der Waals surface area contributed by atoms with Crippen LogP contribution in [0.1, 0.15) is 11.1 Å². The Morgan fingerprint density at radius 2 is 1.68 bits per heavy atom. The standard InChI is InChI=1S/C16H19NO2/c1-12-4-6-14(7-5-12)17-11-13-10-15(18-2)8-9-16(13)19-3/h4-10,17H,11H2,1-3H3. The van der Waals surface area contributed by atoms with Crippen LogP contribution in [-0.2, 0) is 6.54 Å². The number of methoxy groups -OCH3 is 2. The van der Waals surface area contributed by atoms with Gasteiger partial charge in [0.2, 0.25) is 0 Å². The van der Waals surface area contributed by atoms with Gasteiger partial charge in [-0.25, -0.2) is 0 Å². The highest BCUT2D eigenvalue weighted by Gasteiger charge is 2.04. The van der Waals surface area contributed by atoms with Crippen molar-refractivity contribution < 1.29 is 9.47 Å². The third-order valence-corrected chi connectivity index (χ3v) is 3.02. The molecule has 2 aromatic carbocycles. The van der Waals surface area contributed by atoms with Gasteiger partial charge in [0.25, 0.3) is 0 Å². The van der Waals surface area contributed by atoms with E-state index in [1.165, 1.54) is 5.56 Å². The van der Waals surface area contributed by atoms with Gasteiger partial charge in [-0.3, -0.25) is 0 Å². The molecule has 0 aliphatic rings. The summed E-state index contributed by atoms with van der Waals surface area (Å²) in [5.74, 6) is 1.70. The average Bonchev–Trinajstić information content (AvgIpc) is 2.46. The molecule has 19 heavy (non-hydrogen) atoms. The molecule has 0 aliphatic carbocycles. The van der Waals surface area contributed by atoms with Gasteiger partial charge >= 0.3 is 0 Å². The molecule has 0 spiro atoms. The minimum Gasteiger partial charge on any atom is -0.497 e. The summed E-state index contributed by atoms with van der Waals surface area (Å²) in [6, 6.07) is 14.1. The second kappa shape index (κ2) is 6.14. The molecule has 0 saturated carbocycles. The van der Waals surface area contributed by atoms with Crippen LogP contribution in [0.3, 0.4) is 0 Å². The monoisotopic (exact) mass is 257 g/mol. The van der Waals surface area contributed by atoms with Crippen molar-refractivity contribution in [1.82, 2.24) is 0 Å². The van der Waals surface area contributed by atoms with Gasteiger partial charge < -0.3 is 14.8 Å². The van der Waals surface area contributed by atoms with Crippen molar-refractivity contribution in [3.05, 3.63) is 53.6 Å². The summed E-state index contributed by atoms with van der Waals surface area (Å²) in [5.41, 5.74) is 3.42. The van der Waals surface area contributed by atoms with Crippen molar-refractivity contribution in [3.63, 3.8) is 0 Å². The lowest BCUT2D eigenvalue weighted by Gasteiger charge is -2.12. The zero-order valence-electron chi connectivity index (χ0n) is 11.6. The summed E-state index contributed by atoms with van der Waals surface area (Å²) >= 11 is 0. The first-order valence-corrected chi connectivity index (χ1v) is 6.24. The molecule has 0 radical (unpaired) electrons. The normalized spacial score (nSPS) is 10.1. The molecule has 2 aromatic rings. The highest BCUT2D eigenvalue weighted by atomic mass is 16.5. The first-order valence-electron chi connectivity index (χ1n) is 6.24. The number of hydrogen-bond donors (Lipinski definition) is 1. The van der Waals surface area contributed by atoms with E-state index in [0.29, 0.717) is 6.54 Å². The smallest absolute Gasteiger partial charge is 0.124 e. The van der Waals surface area contributed by atoms with Gasteiger partial charge in [0, 0.05) is 17.8 Å². The van der Waals surface area contributed by atoms with Crippen LogP contribution < -0.4 is 14.8 Å². The Morgan fingerprint density at radius 3 is 2.32 bits per heavy atom. The zero-order valence-corrected chi connectivity index (χ0v) is 11.6. The molecule has 0 fully saturated rings. The van der Waals surface area contributed by atoms with Crippen LogP contribution in [0.5, 0.6) is 11.5 Å². The predicted octanol–water partition coefficient (Wildman–Crippen LogP) is 3.62. The van der Waals surface area contributed by atoms with Crippen LogP contribution in [0.15, 0.2) is 42.5 Å². The van der Waals surface area contributed by atoms with E-state index in [1.807, 2.05) is 18.2 Å². The molecule has 3 nitrogen and oxygen atoms in total.